The smallest absolute Gasteiger partial charge is 0.158 e. The minimum Gasteiger partial charge on any atom is -0.452 e. The molecule has 2 heterocycles. The Hall–Kier alpha value is -4.76. The van der Waals surface area contributed by atoms with Gasteiger partial charge in [0.05, 0.1) is 16.9 Å². The van der Waals surface area contributed by atoms with Crippen molar-refractivity contribution in [2.24, 2.45) is 0 Å². The molecule has 0 spiro atoms. The summed E-state index contributed by atoms with van der Waals surface area (Å²) < 4.78 is 8.84. The van der Waals surface area contributed by atoms with E-state index < -0.39 is 0 Å². The van der Waals surface area contributed by atoms with E-state index in [-0.39, 0.29) is 0 Å². The molecule has 6 aromatic rings. The molecule has 1 aliphatic heterocycles. The predicted octanol–water partition coefficient (Wildman–Crippen LogP) is 9.26. The summed E-state index contributed by atoms with van der Waals surface area (Å²) in [6, 6.07) is 36.6. The molecule has 3 nitrogen and oxygen atoms in total. The zero-order valence-corrected chi connectivity index (χ0v) is 20.2. The highest BCUT2D eigenvalue weighted by Gasteiger charge is 2.21. The summed E-state index contributed by atoms with van der Waals surface area (Å²) in [6.45, 7) is 0. The van der Waals surface area contributed by atoms with Gasteiger partial charge in [0.2, 0.25) is 0 Å². The van der Waals surface area contributed by atoms with Gasteiger partial charge in [-0.15, -0.1) is 0 Å². The predicted molar refractivity (Wildman–Crippen MR) is 153 cm³/mol. The van der Waals surface area contributed by atoms with Crippen molar-refractivity contribution in [3.05, 3.63) is 120 Å². The number of fused-ring (bicyclic) bond motifs is 7. The zero-order valence-electron chi connectivity index (χ0n) is 20.2. The molecule has 5 aromatic carbocycles. The number of anilines is 2. The average molecular weight is 477 g/mol. The van der Waals surface area contributed by atoms with Gasteiger partial charge < -0.3 is 14.6 Å². The topological polar surface area (TPSA) is 26.2 Å². The van der Waals surface area contributed by atoms with Gasteiger partial charge in [-0.25, -0.2) is 0 Å². The maximum Gasteiger partial charge on any atom is 0.158 e. The number of benzene rings is 5. The molecule has 2 aliphatic rings. The van der Waals surface area contributed by atoms with Crippen molar-refractivity contribution >= 4 is 39.1 Å². The Morgan fingerprint density at radius 3 is 2.49 bits per heavy atom. The van der Waals surface area contributed by atoms with Crippen LogP contribution < -0.4 is 10.1 Å². The van der Waals surface area contributed by atoms with Crippen molar-refractivity contribution in [3.8, 4) is 28.3 Å². The van der Waals surface area contributed by atoms with Crippen LogP contribution in [0.25, 0.3) is 44.6 Å². The van der Waals surface area contributed by atoms with Gasteiger partial charge in [0, 0.05) is 27.7 Å². The van der Waals surface area contributed by atoms with Gasteiger partial charge in [0.25, 0.3) is 0 Å². The van der Waals surface area contributed by atoms with E-state index in [9.17, 15) is 0 Å². The first kappa shape index (κ1) is 20.4. The van der Waals surface area contributed by atoms with Crippen molar-refractivity contribution in [3.63, 3.8) is 0 Å². The Morgan fingerprint density at radius 1 is 0.703 bits per heavy atom. The fourth-order valence-electron chi connectivity index (χ4n) is 5.88. The average Bonchev–Trinajstić information content (AvgIpc) is 3.30. The Bertz CT molecular complexity index is 1880. The van der Waals surface area contributed by atoms with Gasteiger partial charge in [-0.1, -0.05) is 72.8 Å². The normalized spacial score (nSPS) is 13.5. The molecule has 0 saturated heterocycles. The molecular weight excluding hydrogens is 452 g/mol. The Morgan fingerprint density at radius 2 is 1.54 bits per heavy atom. The maximum absolute atomic E-state index is 6.40. The number of nitrogens with zero attached hydrogens (tertiary/aromatic N) is 1. The lowest BCUT2D eigenvalue weighted by Gasteiger charge is -2.23. The number of hydrogen-bond donors (Lipinski definition) is 1. The van der Waals surface area contributed by atoms with Gasteiger partial charge in [-0.2, -0.15) is 0 Å². The van der Waals surface area contributed by atoms with Gasteiger partial charge in [0.1, 0.15) is 0 Å². The first-order chi connectivity index (χ1) is 18.3. The molecule has 0 saturated carbocycles. The van der Waals surface area contributed by atoms with E-state index in [4.69, 9.17) is 4.74 Å². The SMILES string of the molecule is C1=Cc2c(n(-c3ccccc3)c3ccc(-c4ccc5c(c4)Nc4ccc6ccccc6c4O5)cc23)CC1. The van der Waals surface area contributed by atoms with E-state index >= 15 is 0 Å². The number of allylic oxidation sites excluding steroid dienone is 1. The van der Waals surface area contributed by atoms with Crippen LogP contribution in [0, 0.1) is 0 Å². The molecule has 0 fully saturated rings. The molecule has 1 N–H and O–H groups in total. The fraction of sp³-hybridized carbons (Fsp3) is 0.0588. The maximum atomic E-state index is 6.40. The molecule has 0 atom stereocenters. The minimum atomic E-state index is 0.851. The summed E-state index contributed by atoms with van der Waals surface area (Å²) in [7, 11) is 0. The number of nitrogens with one attached hydrogen (secondary N) is 1. The summed E-state index contributed by atoms with van der Waals surface area (Å²) >= 11 is 0. The molecule has 176 valence electrons. The lowest BCUT2D eigenvalue weighted by atomic mass is 9.98. The van der Waals surface area contributed by atoms with Crippen LogP contribution in [0.15, 0.2) is 109 Å². The van der Waals surface area contributed by atoms with Crippen LogP contribution in [0.3, 0.4) is 0 Å². The van der Waals surface area contributed by atoms with Crippen molar-refractivity contribution in [2.75, 3.05) is 5.32 Å². The highest BCUT2D eigenvalue weighted by Crippen LogP contribution is 2.47. The fourth-order valence-corrected chi connectivity index (χ4v) is 5.88. The first-order valence-corrected chi connectivity index (χ1v) is 12.8. The minimum absolute atomic E-state index is 0.851. The summed E-state index contributed by atoms with van der Waals surface area (Å²) in [6.07, 6.45) is 6.73. The molecule has 1 aromatic heterocycles. The lowest BCUT2D eigenvalue weighted by Crippen LogP contribution is -2.03. The third kappa shape index (κ3) is 3.14. The second kappa shape index (κ2) is 7.87. The highest BCUT2D eigenvalue weighted by molar-refractivity contribution is 5.98. The van der Waals surface area contributed by atoms with Gasteiger partial charge >= 0.3 is 0 Å². The number of hydrogen-bond acceptors (Lipinski definition) is 2. The van der Waals surface area contributed by atoms with E-state index in [2.05, 4.69) is 125 Å². The van der Waals surface area contributed by atoms with Crippen molar-refractivity contribution in [1.82, 2.24) is 4.57 Å². The number of ether oxygens (including phenoxy) is 1. The van der Waals surface area contributed by atoms with Gasteiger partial charge in [-0.3, -0.25) is 0 Å². The summed E-state index contributed by atoms with van der Waals surface area (Å²) in [5.74, 6) is 1.74. The molecule has 0 amide bonds. The van der Waals surface area contributed by atoms with Crippen LogP contribution in [0.5, 0.6) is 11.5 Å². The summed E-state index contributed by atoms with van der Waals surface area (Å²) in [4.78, 5) is 0. The van der Waals surface area contributed by atoms with Crippen LogP contribution in [0.4, 0.5) is 11.4 Å². The molecule has 37 heavy (non-hydrogen) atoms. The number of rotatable bonds is 2. The molecule has 3 heteroatoms. The first-order valence-electron chi connectivity index (χ1n) is 12.8. The van der Waals surface area contributed by atoms with Gasteiger partial charge in [0.15, 0.2) is 11.5 Å². The zero-order chi connectivity index (χ0) is 24.3. The second-order valence-electron chi connectivity index (χ2n) is 9.81. The number of para-hydroxylation sites is 1. The van der Waals surface area contributed by atoms with E-state index in [1.807, 2.05) is 0 Å². The lowest BCUT2D eigenvalue weighted by molar-refractivity contribution is 0.487. The quantitative estimate of drug-likeness (QED) is 0.269. The third-order valence-corrected chi connectivity index (χ3v) is 7.63. The monoisotopic (exact) mass is 476 g/mol. The summed E-state index contributed by atoms with van der Waals surface area (Å²) in [5, 5.41) is 7.21. The number of aromatic nitrogens is 1. The van der Waals surface area contributed by atoms with Crippen LogP contribution in [-0.4, -0.2) is 4.57 Å². The van der Waals surface area contributed by atoms with Gasteiger partial charge in [-0.05, 0) is 71.8 Å². The molecule has 0 bridgehead atoms. The molecular formula is C34H24N2O. The van der Waals surface area contributed by atoms with Crippen LogP contribution in [-0.2, 0) is 6.42 Å². The Balaban J connectivity index is 1.23. The van der Waals surface area contributed by atoms with E-state index in [0.717, 1.165) is 41.1 Å². The molecule has 8 rings (SSSR count). The Labute approximate surface area is 215 Å². The largest absolute Gasteiger partial charge is 0.452 e. The molecule has 0 radical (unpaired) electrons. The standard InChI is InChI=1S/C34H24N2O/c1-2-9-25(10-3-1)36-31-13-7-6-12-27(31)28-20-23(15-18-32(28)36)24-16-19-33-30(21-24)35-29-17-14-22-8-4-5-11-26(22)34(29)37-33/h1-6,8-12,14-21,35H,7,13H2. The van der Waals surface area contributed by atoms with E-state index in [0.29, 0.717) is 0 Å². The molecule has 1 aliphatic carbocycles. The van der Waals surface area contributed by atoms with E-state index in [1.54, 1.807) is 0 Å². The Kier molecular flexibility index (Phi) is 4.35. The second-order valence-corrected chi connectivity index (χ2v) is 9.81. The van der Waals surface area contributed by atoms with Crippen LogP contribution in [0.2, 0.25) is 0 Å². The third-order valence-electron chi connectivity index (χ3n) is 7.63. The molecule has 0 unspecified atom stereocenters. The van der Waals surface area contributed by atoms with Crippen molar-refractivity contribution in [1.29, 1.82) is 0 Å². The van der Waals surface area contributed by atoms with Crippen LogP contribution in [0.1, 0.15) is 17.7 Å². The van der Waals surface area contributed by atoms with Crippen molar-refractivity contribution in [2.45, 2.75) is 12.8 Å². The highest BCUT2D eigenvalue weighted by atomic mass is 16.5. The van der Waals surface area contributed by atoms with E-state index in [1.165, 1.54) is 44.4 Å². The van der Waals surface area contributed by atoms with Crippen molar-refractivity contribution < 1.29 is 4.74 Å². The van der Waals surface area contributed by atoms with Crippen LogP contribution >= 0.6 is 0 Å². The summed E-state index contributed by atoms with van der Waals surface area (Å²) in [5.41, 5.74) is 9.57.